The maximum atomic E-state index is 12.9. The second-order valence-corrected chi connectivity index (χ2v) is 5.83. The van der Waals surface area contributed by atoms with Crippen molar-refractivity contribution in [3.8, 4) is 5.75 Å². The Balaban J connectivity index is 1.79. The van der Waals surface area contributed by atoms with Gasteiger partial charge in [0.1, 0.15) is 11.6 Å². The second kappa shape index (κ2) is 9.14. The number of urea groups is 1. The van der Waals surface area contributed by atoms with Gasteiger partial charge in [0.2, 0.25) is 0 Å². The van der Waals surface area contributed by atoms with Crippen molar-refractivity contribution in [3.63, 3.8) is 0 Å². The standard InChI is InChI=1S/C22H18FN3O2/c23-17-11-13-18(14-12-17)24-22(28)26-25-20(19-8-4-5-9-21(19)27)15-10-16-6-2-1-3-7-16/h1-15,27H,(H2,24,26,28)/b15-10+,25-20+. The largest absolute Gasteiger partial charge is 0.507 e. The lowest BCUT2D eigenvalue weighted by atomic mass is 10.1. The first-order chi connectivity index (χ1) is 13.6. The summed E-state index contributed by atoms with van der Waals surface area (Å²) in [5, 5.41) is 16.8. The molecule has 0 aliphatic carbocycles. The van der Waals surface area contributed by atoms with Crippen LogP contribution in [0, 0.1) is 5.82 Å². The normalized spacial score (nSPS) is 11.4. The number of phenols is 1. The van der Waals surface area contributed by atoms with E-state index in [2.05, 4.69) is 15.8 Å². The first kappa shape index (κ1) is 18.8. The van der Waals surface area contributed by atoms with Gasteiger partial charge in [-0.05, 0) is 48.0 Å². The minimum absolute atomic E-state index is 0.0414. The van der Waals surface area contributed by atoms with Crippen LogP contribution in [0.3, 0.4) is 0 Å². The van der Waals surface area contributed by atoms with Crippen LogP contribution < -0.4 is 10.7 Å². The summed E-state index contributed by atoms with van der Waals surface area (Å²) in [5.41, 5.74) is 4.60. The lowest BCUT2D eigenvalue weighted by molar-refractivity contribution is 0.252. The van der Waals surface area contributed by atoms with Gasteiger partial charge in [-0.25, -0.2) is 14.6 Å². The summed E-state index contributed by atoms with van der Waals surface area (Å²) < 4.78 is 12.9. The Morgan fingerprint density at radius 2 is 1.61 bits per heavy atom. The van der Waals surface area contributed by atoms with Gasteiger partial charge in [0.25, 0.3) is 0 Å². The number of benzene rings is 3. The molecule has 28 heavy (non-hydrogen) atoms. The summed E-state index contributed by atoms with van der Waals surface area (Å²) in [6.45, 7) is 0. The zero-order chi connectivity index (χ0) is 19.8. The van der Waals surface area contributed by atoms with Crippen LogP contribution in [0.2, 0.25) is 0 Å². The number of carbonyl (C=O) groups excluding carboxylic acids is 1. The molecule has 3 aromatic carbocycles. The first-order valence-corrected chi connectivity index (χ1v) is 8.53. The molecule has 0 bridgehead atoms. The summed E-state index contributed by atoms with van der Waals surface area (Å²) in [5.74, 6) is -0.350. The van der Waals surface area contributed by atoms with Crippen LogP contribution in [0.5, 0.6) is 5.75 Å². The monoisotopic (exact) mass is 375 g/mol. The van der Waals surface area contributed by atoms with Gasteiger partial charge in [0.15, 0.2) is 0 Å². The molecule has 0 aliphatic heterocycles. The van der Waals surface area contributed by atoms with Crippen molar-refractivity contribution in [1.29, 1.82) is 0 Å². The predicted molar refractivity (Wildman–Crippen MR) is 109 cm³/mol. The van der Waals surface area contributed by atoms with Gasteiger partial charge >= 0.3 is 6.03 Å². The molecule has 0 spiro atoms. The lowest BCUT2D eigenvalue weighted by Gasteiger charge is -2.07. The van der Waals surface area contributed by atoms with Crippen LogP contribution in [-0.4, -0.2) is 16.8 Å². The average Bonchev–Trinajstić information content (AvgIpc) is 2.71. The minimum Gasteiger partial charge on any atom is -0.507 e. The highest BCUT2D eigenvalue weighted by Crippen LogP contribution is 2.18. The van der Waals surface area contributed by atoms with E-state index < -0.39 is 11.8 Å². The number of halogens is 1. The van der Waals surface area contributed by atoms with Crippen molar-refractivity contribution in [2.75, 3.05) is 5.32 Å². The van der Waals surface area contributed by atoms with Crippen molar-refractivity contribution in [3.05, 3.63) is 102 Å². The number of amides is 2. The fourth-order valence-electron chi connectivity index (χ4n) is 2.42. The van der Waals surface area contributed by atoms with E-state index >= 15 is 0 Å². The highest BCUT2D eigenvalue weighted by Gasteiger charge is 2.07. The molecule has 0 radical (unpaired) electrons. The molecule has 0 fully saturated rings. The van der Waals surface area contributed by atoms with Gasteiger partial charge in [-0.2, -0.15) is 5.10 Å². The molecule has 6 heteroatoms. The Morgan fingerprint density at radius 3 is 2.32 bits per heavy atom. The molecular weight excluding hydrogens is 357 g/mol. The molecule has 0 aliphatic rings. The second-order valence-electron chi connectivity index (χ2n) is 5.83. The van der Waals surface area contributed by atoms with Gasteiger partial charge < -0.3 is 10.4 Å². The summed E-state index contributed by atoms with van der Waals surface area (Å²) in [6.07, 6.45) is 3.52. The third-order valence-corrected chi connectivity index (χ3v) is 3.79. The molecule has 0 unspecified atom stereocenters. The summed E-state index contributed by atoms with van der Waals surface area (Å²) >= 11 is 0. The van der Waals surface area contributed by atoms with E-state index in [1.165, 1.54) is 24.3 Å². The maximum absolute atomic E-state index is 12.9. The highest BCUT2D eigenvalue weighted by atomic mass is 19.1. The number of para-hydroxylation sites is 1. The number of nitrogens with zero attached hydrogens (tertiary/aromatic N) is 1. The van der Waals surface area contributed by atoms with Crippen molar-refractivity contribution in [2.45, 2.75) is 0 Å². The van der Waals surface area contributed by atoms with Crippen molar-refractivity contribution >= 4 is 23.5 Å². The number of anilines is 1. The molecule has 5 nitrogen and oxygen atoms in total. The molecule has 2 amide bonds. The molecule has 0 atom stereocenters. The lowest BCUT2D eigenvalue weighted by Crippen LogP contribution is -2.25. The van der Waals surface area contributed by atoms with E-state index in [0.29, 0.717) is 17.0 Å². The number of hydrazone groups is 1. The Labute approximate surface area is 161 Å². The maximum Gasteiger partial charge on any atom is 0.339 e. The van der Waals surface area contributed by atoms with Crippen LogP contribution in [0.15, 0.2) is 90.0 Å². The van der Waals surface area contributed by atoms with Gasteiger partial charge in [-0.15, -0.1) is 0 Å². The minimum atomic E-state index is -0.590. The van der Waals surface area contributed by atoms with E-state index in [1.54, 1.807) is 30.3 Å². The summed E-state index contributed by atoms with van der Waals surface area (Å²) in [4.78, 5) is 12.1. The summed E-state index contributed by atoms with van der Waals surface area (Å²) in [7, 11) is 0. The number of rotatable bonds is 5. The average molecular weight is 375 g/mol. The van der Waals surface area contributed by atoms with E-state index in [0.717, 1.165) is 5.56 Å². The van der Waals surface area contributed by atoms with E-state index in [-0.39, 0.29) is 5.75 Å². The zero-order valence-corrected chi connectivity index (χ0v) is 14.8. The molecule has 0 heterocycles. The van der Waals surface area contributed by atoms with Crippen molar-refractivity contribution in [1.82, 2.24) is 5.43 Å². The third kappa shape index (κ3) is 5.28. The fourth-order valence-corrected chi connectivity index (χ4v) is 2.42. The van der Waals surface area contributed by atoms with Gasteiger partial charge in [-0.1, -0.05) is 48.5 Å². The van der Waals surface area contributed by atoms with Gasteiger partial charge in [0.05, 0.1) is 5.71 Å². The Bertz CT molecular complexity index is 1000. The molecule has 0 saturated heterocycles. The Morgan fingerprint density at radius 1 is 0.929 bits per heavy atom. The van der Waals surface area contributed by atoms with Crippen molar-refractivity contribution in [2.24, 2.45) is 5.10 Å². The molecule has 0 saturated carbocycles. The number of aromatic hydroxyl groups is 1. The third-order valence-electron chi connectivity index (χ3n) is 3.79. The van der Waals surface area contributed by atoms with Crippen LogP contribution in [0.4, 0.5) is 14.9 Å². The van der Waals surface area contributed by atoms with Gasteiger partial charge in [0, 0.05) is 11.3 Å². The smallest absolute Gasteiger partial charge is 0.339 e. The van der Waals surface area contributed by atoms with E-state index in [1.807, 2.05) is 36.4 Å². The van der Waals surface area contributed by atoms with Crippen LogP contribution in [-0.2, 0) is 0 Å². The highest BCUT2D eigenvalue weighted by molar-refractivity contribution is 6.12. The number of allylic oxidation sites excluding steroid dienone is 1. The number of nitrogens with one attached hydrogen (secondary N) is 2. The van der Waals surface area contributed by atoms with Gasteiger partial charge in [-0.3, -0.25) is 0 Å². The first-order valence-electron chi connectivity index (χ1n) is 8.53. The number of carbonyl (C=O) groups is 1. The molecule has 140 valence electrons. The van der Waals surface area contributed by atoms with Crippen molar-refractivity contribution < 1.29 is 14.3 Å². The number of phenolic OH excluding ortho intramolecular Hbond substituents is 1. The van der Waals surface area contributed by atoms with Crippen LogP contribution in [0.1, 0.15) is 11.1 Å². The molecule has 3 rings (SSSR count). The quantitative estimate of drug-likeness (QED) is 0.444. The fraction of sp³-hybridized carbons (Fsp3) is 0. The topological polar surface area (TPSA) is 73.7 Å². The molecule has 3 aromatic rings. The zero-order valence-electron chi connectivity index (χ0n) is 14.8. The molecule has 0 aromatic heterocycles. The SMILES string of the molecule is O=C(N/N=C(\C=C\c1ccccc1)c1ccccc1O)Nc1ccc(F)cc1. The number of hydrogen-bond donors (Lipinski definition) is 3. The van der Waals surface area contributed by atoms with Crippen LogP contribution >= 0.6 is 0 Å². The Hall–Kier alpha value is -3.93. The van der Waals surface area contributed by atoms with Crippen LogP contribution in [0.25, 0.3) is 6.08 Å². The molecule has 3 N–H and O–H groups in total. The predicted octanol–water partition coefficient (Wildman–Crippen LogP) is 4.77. The van der Waals surface area contributed by atoms with E-state index in [9.17, 15) is 14.3 Å². The Kier molecular flexibility index (Phi) is 6.15. The summed E-state index contributed by atoms with van der Waals surface area (Å²) in [6, 6.07) is 21.1. The molecular formula is C22H18FN3O2. The number of hydrogen-bond acceptors (Lipinski definition) is 3. The van der Waals surface area contributed by atoms with E-state index in [4.69, 9.17) is 0 Å².